The molecule has 5 heteroatoms. The van der Waals surface area contributed by atoms with E-state index in [0.29, 0.717) is 6.54 Å². The van der Waals surface area contributed by atoms with Crippen molar-refractivity contribution >= 4 is 11.6 Å². The van der Waals surface area contributed by atoms with E-state index < -0.39 is 0 Å². The third kappa shape index (κ3) is 5.44. The zero-order valence-corrected chi connectivity index (χ0v) is 16.6. The van der Waals surface area contributed by atoms with Crippen LogP contribution in [0.4, 0.5) is 5.69 Å². The van der Waals surface area contributed by atoms with Crippen molar-refractivity contribution in [1.82, 2.24) is 14.8 Å². The van der Waals surface area contributed by atoms with Gasteiger partial charge in [0.15, 0.2) is 0 Å². The molecule has 0 atom stereocenters. The highest BCUT2D eigenvalue weighted by Gasteiger charge is 2.18. The van der Waals surface area contributed by atoms with Gasteiger partial charge in [-0.15, -0.1) is 0 Å². The highest BCUT2D eigenvalue weighted by molar-refractivity contribution is 5.93. The van der Waals surface area contributed by atoms with Crippen LogP contribution in [0.15, 0.2) is 36.5 Å². The summed E-state index contributed by atoms with van der Waals surface area (Å²) in [6.45, 7) is 9.69. The number of amides is 1. The third-order valence-corrected chi connectivity index (χ3v) is 5.37. The molecule has 1 aromatic carbocycles. The lowest BCUT2D eigenvalue weighted by Crippen LogP contribution is -2.36. The Labute approximate surface area is 162 Å². The van der Waals surface area contributed by atoms with Crippen LogP contribution in [0.1, 0.15) is 37.1 Å². The van der Waals surface area contributed by atoms with E-state index >= 15 is 0 Å². The smallest absolute Gasteiger partial charge is 0.238 e. The Hall–Kier alpha value is -2.11. The molecule has 1 aliphatic heterocycles. The Kier molecular flexibility index (Phi) is 7.07. The second kappa shape index (κ2) is 9.72. The Morgan fingerprint density at radius 2 is 1.70 bits per heavy atom. The van der Waals surface area contributed by atoms with Crippen LogP contribution >= 0.6 is 0 Å². The number of hydrogen-bond acceptors (Lipinski definition) is 3. The summed E-state index contributed by atoms with van der Waals surface area (Å²) in [4.78, 5) is 20.7. The minimum Gasteiger partial charge on any atom is -0.364 e. The normalized spacial score (nSPS) is 16.2. The molecule has 1 aromatic heterocycles. The van der Waals surface area contributed by atoms with Crippen LogP contribution in [-0.2, 0) is 24.2 Å². The van der Waals surface area contributed by atoms with Crippen molar-refractivity contribution < 1.29 is 4.79 Å². The molecule has 146 valence electrons. The Bertz CT molecular complexity index is 704. The summed E-state index contributed by atoms with van der Waals surface area (Å²) in [5, 5.41) is 3.20. The highest BCUT2D eigenvalue weighted by Crippen LogP contribution is 2.22. The van der Waals surface area contributed by atoms with Gasteiger partial charge in [0, 0.05) is 37.2 Å². The van der Waals surface area contributed by atoms with Crippen LogP contribution in [0.25, 0.3) is 0 Å². The van der Waals surface area contributed by atoms with Crippen LogP contribution < -0.4 is 5.32 Å². The minimum atomic E-state index is 0.100. The number of benzene rings is 1. The summed E-state index contributed by atoms with van der Waals surface area (Å²) in [5.74, 6) is 0.100. The number of aromatic amines is 1. The van der Waals surface area contributed by atoms with Crippen molar-refractivity contribution in [2.45, 2.75) is 39.7 Å². The molecule has 3 rings (SSSR count). The van der Waals surface area contributed by atoms with E-state index in [-0.39, 0.29) is 5.91 Å². The van der Waals surface area contributed by atoms with Gasteiger partial charge >= 0.3 is 0 Å². The van der Waals surface area contributed by atoms with Gasteiger partial charge in [-0.2, -0.15) is 0 Å². The summed E-state index contributed by atoms with van der Waals surface area (Å²) in [6, 6.07) is 10.5. The molecular formula is C22H32N4O. The summed E-state index contributed by atoms with van der Waals surface area (Å²) in [7, 11) is 0. The van der Waals surface area contributed by atoms with E-state index in [9.17, 15) is 4.79 Å². The number of hydrogen-bond donors (Lipinski definition) is 2. The molecule has 1 fully saturated rings. The van der Waals surface area contributed by atoms with Crippen molar-refractivity contribution in [1.29, 1.82) is 0 Å². The predicted octanol–water partition coefficient (Wildman–Crippen LogP) is 3.29. The maximum absolute atomic E-state index is 12.7. The van der Waals surface area contributed by atoms with Crippen LogP contribution in [0.3, 0.4) is 0 Å². The Morgan fingerprint density at radius 3 is 2.37 bits per heavy atom. The fraction of sp³-hybridized carbons (Fsp3) is 0.500. The molecule has 2 aromatic rings. The zero-order valence-electron chi connectivity index (χ0n) is 16.6. The van der Waals surface area contributed by atoms with E-state index in [4.69, 9.17) is 0 Å². The average Bonchev–Trinajstić information content (AvgIpc) is 3.09. The van der Waals surface area contributed by atoms with Crippen molar-refractivity contribution in [3.05, 3.63) is 53.3 Å². The molecule has 1 saturated heterocycles. The van der Waals surface area contributed by atoms with Gasteiger partial charge in [0.05, 0.1) is 6.54 Å². The van der Waals surface area contributed by atoms with Crippen molar-refractivity contribution in [2.75, 3.05) is 38.0 Å². The number of aromatic nitrogens is 1. The van der Waals surface area contributed by atoms with Gasteiger partial charge in [-0.25, -0.2) is 0 Å². The second-order valence-corrected chi connectivity index (χ2v) is 7.31. The Morgan fingerprint density at radius 1 is 1.00 bits per heavy atom. The number of para-hydroxylation sites is 1. The van der Waals surface area contributed by atoms with Gasteiger partial charge in [0.1, 0.15) is 0 Å². The summed E-state index contributed by atoms with van der Waals surface area (Å²) >= 11 is 0. The zero-order chi connectivity index (χ0) is 19.1. The molecule has 0 bridgehead atoms. The van der Waals surface area contributed by atoms with Gasteiger partial charge < -0.3 is 10.3 Å². The number of nitrogens with zero attached hydrogens (tertiary/aromatic N) is 2. The lowest BCUT2D eigenvalue weighted by atomic mass is 10.0. The number of anilines is 1. The third-order valence-electron chi connectivity index (χ3n) is 5.37. The maximum Gasteiger partial charge on any atom is 0.238 e. The number of carbonyl (C=O) groups is 1. The fourth-order valence-corrected chi connectivity index (χ4v) is 3.83. The molecular weight excluding hydrogens is 336 g/mol. The molecule has 1 amide bonds. The van der Waals surface area contributed by atoms with Crippen molar-refractivity contribution in [3.8, 4) is 0 Å². The molecule has 2 N–H and O–H groups in total. The first-order valence-electron chi connectivity index (χ1n) is 10.2. The molecule has 5 nitrogen and oxygen atoms in total. The summed E-state index contributed by atoms with van der Waals surface area (Å²) in [6.07, 6.45) is 4.93. The number of H-pyrrole nitrogens is 1. The fourth-order valence-electron chi connectivity index (χ4n) is 3.83. The van der Waals surface area contributed by atoms with Crippen molar-refractivity contribution in [2.24, 2.45) is 0 Å². The SMILES string of the molecule is CCc1cccc(CC)c1NC(=O)CN1CCCN(Cc2ccc[nH]2)CC1. The minimum absolute atomic E-state index is 0.100. The topological polar surface area (TPSA) is 51.4 Å². The number of carbonyl (C=O) groups excluding carboxylic acids is 1. The van der Waals surface area contributed by atoms with Crippen LogP contribution in [0.5, 0.6) is 0 Å². The first kappa shape index (κ1) is 19.6. The quantitative estimate of drug-likeness (QED) is 0.788. The van der Waals surface area contributed by atoms with Crippen molar-refractivity contribution in [3.63, 3.8) is 0 Å². The monoisotopic (exact) mass is 368 g/mol. The first-order chi connectivity index (χ1) is 13.2. The van der Waals surface area contributed by atoms with Crippen LogP contribution in [0, 0.1) is 0 Å². The largest absolute Gasteiger partial charge is 0.364 e. The van der Waals surface area contributed by atoms with Gasteiger partial charge in [-0.05, 0) is 55.6 Å². The number of rotatable bonds is 7. The molecule has 1 aliphatic rings. The van der Waals surface area contributed by atoms with Gasteiger partial charge in [0.2, 0.25) is 5.91 Å². The molecule has 0 saturated carbocycles. The highest BCUT2D eigenvalue weighted by atomic mass is 16.2. The van der Waals surface area contributed by atoms with Gasteiger partial charge in [0.25, 0.3) is 0 Å². The average molecular weight is 369 g/mol. The molecule has 2 heterocycles. The lowest BCUT2D eigenvalue weighted by Gasteiger charge is -2.22. The van der Waals surface area contributed by atoms with E-state index in [1.165, 1.54) is 16.8 Å². The number of nitrogens with one attached hydrogen (secondary N) is 2. The van der Waals surface area contributed by atoms with E-state index in [2.05, 4.69) is 58.2 Å². The van der Waals surface area contributed by atoms with Gasteiger partial charge in [-0.3, -0.25) is 14.6 Å². The maximum atomic E-state index is 12.7. The molecule has 27 heavy (non-hydrogen) atoms. The molecule has 0 spiro atoms. The number of aryl methyl sites for hydroxylation is 2. The van der Waals surface area contributed by atoms with Gasteiger partial charge in [-0.1, -0.05) is 32.0 Å². The second-order valence-electron chi connectivity index (χ2n) is 7.31. The Balaban J connectivity index is 1.54. The molecule has 0 unspecified atom stereocenters. The molecule has 0 radical (unpaired) electrons. The predicted molar refractivity (Wildman–Crippen MR) is 111 cm³/mol. The first-order valence-corrected chi connectivity index (χ1v) is 10.2. The van der Waals surface area contributed by atoms with Crippen LogP contribution in [-0.4, -0.2) is 53.4 Å². The van der Waals surface area contributed by atoms with E-state index in [1.807, 2.05) is 12.3 Å². The van der Waals surface area contributed by atoms with E-state index in [1.54, 1.807) is 0 Å². The van der Waals surface area contributed by atoms with E-state index in [0.717, 1.165) is 57.7 Å². The summed E-state index contributed by atoms with van der Waals surface area (Å²) in [5.41, 5.74) is 4.71. The van der Waals surface area contributed by atoms with Crippen LogP contribution in [0.2, 0.25) is 0 Å². The lowest BCUT2D eigenvalue weighted by molar-refractivity contribution is -0.117. The molecule has 0 aliphatic carbocycles. The standard InChI is InChI=1S/C22H32N4O/c1-3-18-8-5-9-19(4-2)22(18)24-21(27)17-26-13-7-12-25(14-15-26)16-20-10-6-11-23-20/h5-6,8-11,23H,3-4,7,12-17H2,1-2H3,(H,24,27). The summed E-state index contributed by atoms with van der Waals surface area (Å²) < 4.78 is 0.